The highest BCUT2D eigenvalue weighted by atomic mass is 19.4. The van der Waals surface area contributed by atoms with Gasteiger partial charge in [-0.1, -0.05) is 12.1 Å². The second-order valence-corrected chi connectivity index (χ2v) is 7.53. The summed E-state index contributed by atoms with van der Waals surface area (Å²) in [5.74, 6) is -2.29. The van der Waals surface area contributed by atoms with Gasteiger partial charge in [-0.2, -0.15) is 18.4 Å². The molecule has 31 heavy (non-hydrogen) atoms. The zero-order valence-electron chi connectivity index (χ0n) is 16.8. The molecule has 2 aromatic carbocycles. The van der Waals surface area contributed by atoms with E-state index in [9.17, 15) is 17.6 Å². The molecule has 0 N–H and O–H groups in total. The lowest BCUT2D eigenvalue weighted by molar-refractivity contribution is -0.140. The van der Waals surface area contributed by atoms with Crippen molar-refractivity contribution in [3.8, 4) is 11.8 Å². The van der Waals surface area contributed by atoms with Gasteiger partial charge >= 0.3 is 6.18 Å². The molecule has 2 heterocycles. The number of nitriles is 1. The third kappa shape index (κ3) is 4.13. The van der Waals surface area contributed by atoms with Crippen molar-refractivity contribution in [2.45, 2.75) is 32.5 Å². The Morgan fingerprint density at radius 1 is 1.13 bits per heavy atom. The molecule has 0 saturated carbocycles. The average Bonchev–Trinajstić information content (AvgIpc) is 3.25. The van der Waals surface area contributed by atoms with Crippen LogP contribution in [-0.2, 0) is 12.8 Å². The molecule has 0 atom stereocenters. The van der Waals surface area contributed by atoms with Gasteiger partial charge in [0.05, 0.1) is 16.6 Å². The number of aryl methyl sites for hydroxylation is 1. The molecule has 8 heteroatoms. The van der Waals surface area contributed by atoms with Crippen LogP contribution < -0.4 is 9.64 Å². The minimum Gasteiger partial charge on any atom is -0.484 e. The van der Waals surface area contributed by atoms with Crippen LogP contribution in [0, 0.1) is 24.1 Å². The Hall–Kier alpha value is -3.34. The van der Waals surface area contributed by atoms with E-state index >= 15 is 0 Å². The van der Waals surface area contributed by atoms with E-state index in [1.54, 1.807) is 18.2 Å². The van der Waals surface area contributed by atoms with Crippen LogP contribution >= 0.6 is 0 Å². The number of halogens is 4. The van der Waals surface area contributed by atoms with Gasteiger partial charge in [0.2, 0.25) is 0 Å². The summed E-state index contributed by atoms with van der Waals surface area (Å²) in [7, 11) is 0. The Labute approximate surface area is 176 Å². The van der Waals surface area contributed by atoms with Gasteiger partial charge in [-0.05, 0) is 49.6 Å². The van der Waals surface area contributed by atoms with Crippen molar-refractivity contribution in [3.63, 3.8) is 0 Å². The summed E-state index contributed by atoms with van der Waals surface area (Å²) in [6.07, 6.45) is -2.61. The largest absolute Gasteiger partial charge is 0.484 e. The fourth-order valence-electron chi connectivity index (χ4n) is 3.85. The van der Waals surface area contributed by atoms with Crippen molar-refractivity contribution in [2.24, 2.45) is 0 Å². The summed E-state index contributed by atoms with van der Waals surface area (Å²) in [4.78, 5) is 6.87. The van der Waals surface area contributed by atoms with Gasteiger partial charge in [-0.3, -0.25) is 4.98 Å². The van der Waals surface area contributed by atoms with Gasteiger partial charge in [-0.25, -0.2) is 4.39 Å². The third-order valence-corrected chi connectivity index (χ3v) is 5.33. The molecule has 4 rings (SSSR count). The molecule has 4 nitrogen and oxygen atoms in total. The zero-order valence-corrected chi connectivity index (χ0v) is 16.8. The smallest absolute Gasteiger partial charge is 0.419 e. The summed E-state index contributed by atoms with van der Waals surface area (Å²) < 4.78 is 58.8. The van der Waals surface area contributed by atoms with E-state index in [-0.39, 0.29) is 12.2 Å². The number of pyridine rings is 1. The number of hydrogen-bond acceptors (Lipinski definition) is 4. The highest BCUT2D eigenvalue weighted by molar-refractivity contribution is 5.92. The van der Waals surface area contributed by atoms with Gasteiger partial charge in [0.15, 0.2) is 11.6 Å². The van der Waals surface area contributed by atoms with Crippen LogP contribution in [0.2, 0.25) is 0 Å². The van der Waals surface area contributed by atoms with Crippen molar-refractivity contribution in [2.75, 3.05) is 18.0 Å². The van der Waals surface area contributed by atoms with Crippen LogP contribution in [0.1, 0.15) is 35.2 Å². The molecular weight excluding hydrogens is 410 g/mol. The van der Waals surface area contributed by atoms with E-state index in [1.807, 2.05) is 19.1 Å². The summed E-state index contributed by atoms with van der Waals surface area (Å²) in [5, 5.41) is 10.1. The molecule has 1 aliphatic rings. The topological polar surface area (TPSA) is 49.1 Å². The molecule has 1 aromatic heterocycles. The summed E-state index contributed by atoms with van der Waals surface area (Å²) >= 11 is 0. The monoisotopic (exact) mass is 429 g/mol. The first-order chi connectivity index (χ1) is 14.8. The van der Waals surface area contributed by atoms with Crippen molar-refractivity contribution in [3.05, 3.63) is 64.6 Å². The lowest BCUT2D eigenvalue weighted by atomic mass is 10.1. The molecule has 0 spiro atoms. The maximum Gasteiger partial charge on any atom is 0.419 e. The number of anilines is 1. The van der Waals surface area contributed by atoms with Crippen LogP contribution in [0.3, 0.4) is 0 Å². The average molecular weight is 429 g/mol. The molecule has 0 unspecified atom stereocenters. The van der Waals surface area contributed by atoms with Crippen LogP contribution in [0.25, 0.3) is 10.9 Å². The van der Waals surface area contributed by atoms with E-state index in [2.05, 4.69) is 9.88 Å². The zero-order chi connectivity index (χ0) is 22.2. The van der Waals surface area contributed by atoms with E-state index in [0.717, 1.165) is 54.3 Å². The van der Waals surface area contributed by atoms with Gasteiger partial charge in [-0.15, -0.1) is 0 Å². The Morgan fingerprint density at radius 2 is 1.87 bits per heavy atom. The van der Waals surface area contributed by atoms with Gasteiger partial charge in [0.1, 0.15) is 12.7 Å². The highest BCUT2D eigenvalue weighted by Gasteiger charge is 2.36. The highest BCUT2D eigenvalue weighted by Crippen LogP contribution is 2.37. The molecule has 0 aliphatic carbocycles. The van der Waals surface area contributed by atoms with E-state index in [4.69, 9.17) is 10.00 Å². The predicted molar refractivity (Wildman–Crippen MR) is 108 cm³/mol. The van der Waals surface area contributed by atoms with Crippen molar-refractivity contribution in [1.82, 2.24) is 4.98 Å². The SMILES string of the molecule is Cc1cc(N2CCCC2)c2ccc(COc3c(C#N)ccc(C(F)(F)F)c3F)cc2n1. The van der Waals surface area contributed by atoms with Crippen LogP contribution in [0.4, 0.5) is 23.2 Å². The van der Waals surface area contributed by atoms with Crippen LogP contribution in [-0.4, -0.2) is 18.1 Å². The standard InChI is InChI=1S/C23H19F4N3O/c1-14-10-20(30-8-2-3-9-30)17-6-4-15(11-19(17)29-14)13-31-22-16(12-28)5-7-18(21(22)24)23(25,26)27/h4-7,10-11H,2-3,8-9,13H2,1H3. The molecule has 0 amide bonds. The molecule has 0 radical (unpaired) electrons. The van der Waals surface area contributed by atoms with Gasteiger partial charge < -0.3 is 9.64 Å². The normalized spacial score (nSPS) is 14.1. The first kappa shape index (κ1) is 20.9. The molecular formula is C23H19F4N3O. The predicted octanol–water partition coefficient (Wildman–Crippen LogP) is 5.75. The minimum absolute atomic E-state index is 0.197. The Balaban J connectivity index is 1.65. The maximum absolute atomic E-state index is 14.4. The molecule has 3 aromatic rings. The number of alkyl halides is 3. The summed E-state index contributed by atoms with van der Waals surface area (Å²) in [6, 6.07) is 10.6. The first-order valence-corrected chi connectivity index (χ1v) is 9.86. The summed E-state index contributed by atoms with van der Waals surface area (Å²) in [5.41, 5.74) is 1.53. The van der Waals surface area contributed by atoms with Gasteiger partial charge in [0, 0.05) is 29.9 Å². The molecule has 1 saturated heterocycles. The van der Waals surface area contributed by atoms with E-state index < -0.39 is 23.3 Å². The fourth-order valence-corrected chi connectivity index (χ4v) is 3.85. The Morgan fingerprint density at radius 3 is 2.55 bits per heavy atom. The number of ether oxygens (including phenoxy) is 1. The third-order valence-electron chi connectivity index (χ3n) is 5.33. The van der Waals surface area contributed by atoms with E-state index in [0.29, 0.717) is 11.6 Å². The molecule has 0 bridgehead atoms. The Bertz CT molecular complexity index is 1180. The Kier molecular flexibility index (Phi) is 5.44. The minimum atomic E-state index is -4.88. The number of rotatable bonds is 4. The molecule has 1 fully saturated rings. The quantitative estimate of drug-likeness (QED) is 0.496. The van der Waals surface area contributed by atoms with Crippen LogP contribution in [0.15, 0.2) is 36.4 Å². The maximum atomic E-state index is 14.4. The number of benzene rings is 2. The van der Waals surface area contributed by atoms with Crippen molar-refractivity contribution in [1.29, 1.82) is 5.26 Å². The number of aromatic nitrogens is 1. The molecule has 1 aliphatic heterocycles. The first-order valence-electron chi connectivity index (χ1n) is 9.86. The van der Waals surface area contributed by atoms with Crippen molar-refractivity contribution >= 4 is 16.6 Å². The fraction of sp³-hybridized carbons (Fsp3) is 0.304. The lowest BCUT2D eigenvalue weighted by Crippen LogP contribution is -2.18. The number of hydrogen-bond donors (Lipinski definition) is 0. The molecule has 160 valence electrons. The number of fused-ring (bicyclic) bond motifs is 1. The van der Waals surface area contributed by atoms with Crippen LogP contribution in [0.5, 0.6) is 5.75 Å². The van der Waals surface area contributed by atoms with Gasteiger partial charge in [0.25, 0.3) is 0 Å². The second kappa shape index (κ2) is 8.06. The summed E-state index contributed by atoms with van der Waals surface area (Å²) in [6.45, 7) is 3.67. The lowest BCUT2D eigenvalue weighted by Gasteiger charge is -2.20. The van der Waals surface area contributed by atoms with Crippen molar-refractivity contribution < 1.29 is 22.3 Å². The number of nitrogens with zero attached hydrogens (tertiary/aromatic N) is 3. The second-order valence-electron chi connectivity index (χ2n) is 7.53. The van der Waals surface area contributed by atoms with E-state index in [1.165, 1.54) is 0 Å².